The van der Waals surface area contributed by atoms with Crippen LogP contribution in [-0.4, -0.2) is 17.0 Å². The summed E-state index contributed by atoms with van der Waals surface area (Å²) in [4.78, 5) is 28.7. The third kappa shape index (κ3) is 4.83. The minimum Gasteiger partial charge on any atom is -0.480 e. The summed E-state index contributed by atoms with van der Waals surface area (Å²) in [6, 6.07) is 10.9. The van der Waals surface area contributed by atoms with E-state index in [2.05, 4.69) is 17.2 Å². The number of benzene rings is 1. The molecule has 6 nitrogen and oxygen atoms in total. The van der Waals surface area contributed by atoms with Gasteiger partial charge in [-0.25, -0.2) is 4.79 Å². The number of fused-ring (bicyclic) bond motifs is 1. The molecule has 1 amide bonds. The van der Waals surface area contributed by atoms with Crippen LogP contribution >= 0.6 is 0 Å². The van der Waals surface area contributed by atoms with Crippen LogP contribution in [0.1, 0.15) is 42.8 Å². The molecule has 152 valence electrons. The molecule has 1 atom stereocenters. The van der Waals surface area contributed by atoms with E-state index >= 15 is 0 Å². The number of hydrogen-bond acceptors (Lipinski definition) is 5. The van der Waals surface area contributed by atoms with Gasteiger partial charge in [-0.15, -0.1) is 0 Å². The number of amides is 1. The maximum absolute atomic E-state index is 12.4. The van der Waals surface area contributed by atoms with Gasteiger partial charge in [0.1, 0.15) is 11.3 Å². The van der Waals surface area contributed by atoms with Crippen molar-refractivity contribution in [3.8, 4) is 5.75 Å². The van der Waals surface area contributed by atoms with Gasteiger partial charge in [-0.1, -0.05) is 19.4 Å². The van der Waals surface area contributed by atoms with Crippen molar-refractivity contribution in [2.75, 3.05) is 0 Å². The maximum atomic E-state index is 12.4. The molecule has 0 aliphatic carbocycles. The third-order valence-corrected chi connectivity index (χ3v) is 4.78. The fraction of sp³-hybridized carbons (Fsp3) is 0.348. The summed E-state index contributed by atoms with van der Waals surface area (Å²) in [5.41, 5.74) is 3.49. The summed E-state index contributed by atoms with van der Waals surface area (Å²) >= 11 is 0. The Balaban J connectivity index is 1.75. The smallest absolute Gasteiger partial charge is 0.336 e. The monoisotopic (exact) mass is 394 g/mol. The first-order valence-electron chi connectivity index (χ1n) is 9.82. The van der Waals surface area contributed by atoms with Crippen LogP contribution in [0.25, 0.3) is 11.0 Å². The molecule has 6 heteroatoms. The second-order valence-electron chi connectivity index (χ2n) is 7.15. The number of carbonyl (C=O) groups is 1. The highest BCUT2D eigenvalue weighted by atomic mass is 16.5. The van der Waals surface area contributed by atoms with E-state index in [1.54, 1.807) is 13.0 Å². The highest BCUT2D eigenvalue weighted by molar-refractivity contribution is 5.85. The molecule has 0 aliphatic heterocycles. The molecule has 0 fully saturated rings. The van der Waals surface area contributed by atoms with E-state index in [4.69, 9.17) is 9.15 Å². The van der Waals surface area contributed by atoms with Crippen LogP contribution in [0, 0.1) is 13.8 Å². The summed E-state index contributed by atoms with van der Waals surface area (Å²) in [5, 5.41) is 3.74. The highest BCUT2D eigenvalue weighted by Gasteiger charge is 2.18. The minimum absolute atomic E-state index is 0.242. The summed E-state index contributed by atoms with van der Waals surface area (Å²) < 4.78 is 11.3. The lowest BCUT2D eigenvalue weighted by atomic mass is 10.0. The third-order valence-electron chi connectivity index (χ3n) is 4.78. The number of hydrogen-bond donors (Lipinski definition) is 1. The number of pyridine rings is 1. The van der Waals surface area contributed by atoms with E-state index in [1.807, 2.05) is 44.2 Å². The van der Waals surface area contributed by atoms with Crippen molar-refractivity contribution in [2.24, 2.45) is 0 Å². The Kier molecular flexibility index (Phi) is 6.32. The van der Waals surface area contributed by atoms with Gasteiger partial charge in [0.05, 0.1) is 12.2 Å². The quantitative estimate of drug-likeness (QED) is 0.616. The molecule has 0 saturated carbocycles. The molecule has 1 aromatic carbocycles. The van der Waals surface area contributed by atoms with E-state index in [0.29, 0.717) is 23.4 Å². The van der Waals surface area contributed by atoms with E-state index in [-0.39, 0.29) is 11.5 Å². The van der Waals surface area contributed by atoms with Gasteiger partial charge in [0.15, 0.2) is 6.10 Å². The largest absolute Gasteiger partial charge is 0.480 e. The van der Waals surface area contributed by atoms with Crippen molar-refractivity contribution in [1.82, 2.24) is 10.3 Å². The van der Waals surface area contributed by atoms with Crippen molar-refractivity contribution >= 4 is 16.9 Å². The Morgan fingerprint density at radius 1 is 1.24 bits per heavy atom. The first-order chi connectivity index (χ1) is 13.9. The van der Waals surface area contributed by atoms with Crippen LogP contribution in [0.15, 0.2) is 45.6 Å². The van der Waals surface area contributed by atoms with E-state index in [0.717, 1.165) is 35.2 Å². The Hall–Kier alpha value is -3.15. The first-order valence-corrected chi connectivity index (χ1v) is 9.82. The maximum Gasteiger partial charge on any atom is 0.336 e. The van der Waals surface area contributed by atoms with Crippen LogP contribution in [0.4, 0.5) is 0 Å². The summed E-state index contributed by atoms with van der Waals surface area (Å²) in [6.45, 7) is 7.82. The number of aromatic nitrogens is 1. The van der Waals surface area contributed by atoms with E-state index in [9.17, 15) is 9.59 Å². The van der Waals surface area contributed by atoms with Gasteiger partial charge in [0.25, 0.3) is 5.91 Å². The number of rotatable bonds is 7. The highest BCUT2D eigenvalue weighted by Crippen LogP contribution is 2.29. The van der Waals surface area contributed by atoms with Crippen molar-refractivity contribution in [2.45, 2.75) is 53.2 Å². The van der Waals surface area contributed by atoms with E-state index < -0.39 is 6.10 Å². The Labute approximate surface area is 169 Å². The summed E-state index contributed by atoms with van der Waals surface area (Å²) in [6.07, 6.45) is 1.03. The Morgan fingerprint density at radius 3 is 2.76 bits per heavy atom. The molecule has 0 saturated heterocycles. The average molecular weight is 394 g/mol. The zero-order valence-corrected chi connectivity index (χ0v) is 17.2. The van der Waals surface area contributed by atoms with Gasteiger partial charge in [0.2, 0.25) is 0 Å². The molecule has 0 bridgehead atoms. The van der Waals surface area contributed by atoms with Crippen LogP contribution < -0.4 is 15.7 Å². The predicted octanol–water partition coefficient (Wildman–Crippen LogP) is 3.84. The fourth-order valence-corrected chi connectivity index (χ4v) is 3.28. The lowest BCUT2D eigenvalue weighted by Crippen LogP contribution is -2.36. The number of nitrogens with zero attached hydrogens (tertiary/aromatic N) is 1. The standard InChI is InChI=1S/C23H26N2O4/c1-5-7-17-12-21(26)29-22-15(3)20(11-10-19(17)22)28-16(4)23(27)24-13-18-9-6-8-14(2)25-18/h6,8-12,16H,5,7,13H2,1-4H3,(H,24,27). The molecule has 1 N–H and O–H groups in total. The topological polar surface area (TPSA) is 81.4 Å². The molecule has 0 radical (unpaired) electrons. The van der Waals surface area contributed by atoms with Crippen molar-refractivity contribution in [3.05, 3.63) is 69.3 Å². The zero-order chi connectivity index (χ0) is 21.0. The zero-order valence-electron chi connectivity index (χ0n) is 17.2. The minimum atomic E-state index is -0.707. The molecular weight excluding hydrogens is 368 g/mol. The van der Waals surface area contributed by atoms with Crippen LogP contribution in [0.5, 0.6) is 5.75 Å². The molecular formula is C23H26N2O4. The van der Waals surface area contributed by atoms with Crippen LogP contribution in [0.3, 0.4) is 0 Å². The fourth-order valence-electron chi connectivity index (χ4n) is 3.28. The van der Waals surface area contributed by atoms with Crippen LogP contribution in [0.2, 0.25) is 0 Å². The van der Waals surface area contributed by atoms with Crippen molar-refractivity contribution in [1.29, 1.82) is 0 Å². The van der Waals surface area contributed by atoms with E-state index in [1.165, 1.54) is 0 Å². The summed E-state index contributed by atoms with van der Waals surface area (Å²) in [5.74, 6) is 0.277. The molecule has 1 unspecified atom stereocenters. The number of carbonyl (C=O) groups excluding carboxylic acids is 1. The Morgan fingerprint density at radius 2 is 2.03 bits per heavy atom. The molecule has 3 rings (SSSR count). The van der Waals surface area contributed by atoms with Gasteiger partial charge in [0, 0.05) is 22.7 Å². The van der Waals surface area contributed by atoms with Crippen LogP contribution in [-0.2, 0) is 17.8 Å². The lowest BCUT2D eigenvalue weighted by Gasteiger charge is -2.17. The molecule has 0 spiro atoms. The number of aryl methyl sites for hydroxylation is 3. The number of ether oxygens (including phenoxy) is 1. The SMILES string of the molecule is CCCc1cc(=O)oc2c(C)c(OC(C)C(=O)NCc3cccc(C)n3)ccc12. The Bertz CT molecular complexity index is 1090. The van der Waals surface area contributed by atoms with Gasteiger partial charge in [-0.3, -0.25) is 9.78 Å². The predicted molar refractivity (Wildman–Crippen MR) is 112 cm³/mol. The molecule has 3 aromatic rings. The first kappa shape index (κ1) is 20.6. The molecule has 29 heavy (non-hydrogen) atoms. The van der Waals surface area contributed by atoms with Gasteiger partial charge in [-0.05, 0) is 57.0 Å². The second kappa shape index (κ2) is 8.90. The molecule has 0 aliphatic rings. The van der Waals surface area contributed by atoms with Crippen molar-refractivity contribution < 1.29 is 13.9 Å². The molecule has 2 heterocycles. The number of nitrogens with one attached hydrogen (secondary N) is 1. The summed E-state index contributed by atoms with van der Waals surface area (Å²) in [7, 11) is 0. The average Bonchev–Trinajstić information content (AvgIpc) is 2.69. The molecule has 2 aromatic heterocycles. The van der Waals surface area contributed by atoms with Gasteiger partial charge < -0.3 is 14.5 Å². The second-order valence-corrected chi connectivity index (χ2v) is 7.15. The van der Waals surface area contributed by atoms with Gasteiger partial charge >= 0.3 is 5.63 Å². The van der Waals surface area contributed by atoms with Gasteiger partial charge in [-0.2, -0.15) is 0 Å². The lowest BCUT2D eigenvalue weighted by molar-refractivity contribution is -0.127. The van der Waals surface area contributed by atoms with Crippen molar-refractivity contribution in [3.63, 3.8) is 0 Å². The normalized spacial score (nSPS) is 12.0.